The molecule has 108 valence electrons. The molecule has 0 aromatic heterocycles. The van der Waals surface area contributed by atoms with Crippen molar-refractivity contribution in [2.24, 2.45) is 0 Å². The number of benzene rings is 1. The Bertz CT molecular complexity index is 348. The van der Waals surface area contributed by atoms with Gasteiger partial charge in [-0.1, -0.05) is 0 Å². The van der Waals surface area contributed by atoms with Gasteiger partial charge in [0, 0.05) is 22.2 Å². The third kappa shape index (κ3) is 6.84. The summed E-state index contributed by atoms with van der Waals surface area (Å²) in [6.07, 6.45) is 0. The van der Waals surface area contributed by atoms with Gasteiger partial charge in [-0.25, -0.2) is 4.39 Å². The highest BCUT2D eigenvalue weighted by molar-refractivity contribution is 8.74. The Labute approximate surface area is 122 Å². The summed E-state index contributed by atoms with van der Waals surface area (Å²) in [6, 6.07) is 6.70. The molecule has 3 nitrogen and oxygen atoms in total. The number of quaternary nitrogens is 1. The molecule has 0 amide bonds. The van der Waals surface area contributed by atoms with Gasteiger partial charge in [0.25, 0.3) is 0 Å². The summed E-state index contributed by atoms with van der Waals surface area (Å²) in [6.45, 7) is 9.49. The zero-order valence-electron chi connectivity index (χ0n) is 11.5. The van der Waals surface area contributed by atoms with E-state index in [0.717, 1.165) is 28.4 Å². The van der Waals surface area contributed by atoms with Gasteiger partial charge in [-0.2, -0.15) is 0 Å². The van der Waals surface area contributed by atoms with Gasteiger partial charge in [-0.15, -0.1) is 0 Å². The predicted molar refractivity (Wildman–Crippen MR) is 77.8 cm³/mol. The van der Waals surface area contributed by atoms with E-state index >= 15 is 0 Å². The molecule has 0 N–H and O–H groups in total. The number of carbonyl (C=O) groups excluding carboxylic acids is 1. The lowest BCUT2D eigenvalue weighted by Crippen LogP contribution is -2.39. The molecule has 6 heteroatoms. The summed E-state index contributed by atoms with van der Waals surface area (Å²) in [4.78, 5) is 9.37. The van der Waals surface area contributed by atoms with E-state index < -0.39 is 6.47 Å². The molecule has 0 radical (unpaired) electrons. The van der Waals surface area contributed by atoms with Gasteiger partial charge in [0.1, 0.15) is 5.82 Å². The molecule has 0 saturated carbocycles. The third-order valence-corrected chi connectivity index (χ3v) is 6.21. The summed E-state index contributed by atoms with van der Waals surface area (Å²) in [7, 11) is 3.59. The van der Waals surface area contributed by atoms with Crippen LogP contribution in [-0.4, -0.2) is 30.0 Å². The molecule has 0 heterocycles. The molecule has 0 aliphatic carbocycles. The van der Waals surface area contributed by atoms with Crippen molar-refractivity contribution in [2.45, 2.75) is 25.7 Å². The minimum Gasteiger partial charge on any atom is -0.554 e. The number of hydrogen-bond donors (Lipinski definition) is 0. The minimum atomic E-state index is -0.500. The summed E-state index contributed by atoms with van der Waals surface area (Å²) >= 11 is 0. The van der Waals surface area contributed by atoms with Crippen LogP contribution in [0.25, 0.3) is 0 Å². The zero-order valence-corrected chi connectivity index (χ0v) is 13.1. The van der Waals surface area contributed by atoms with E-state index in [4.69, 9.17) is 9.90 Å². The monoisotopic (exact) mass is 305 g/mol. The lowest BCUT2D eigenvalue weighted by molar-refractivity contribution is -0.787. The second-order valence-electron chi connectivity index (χ2n) is 3.71. The fraction of sp³-hybridized carbons (Fsp3) is 0.462. The largest absolute Gasteiger partial charge is 0.554 e. The smallest absolute Gasteiger partial charge is 0.152 e. The number of hydrogen-bond acceptors (Lipinski definition) is 4. The Morgan fingerprint density at radius 1 is 1.16 bits per heavy atom. The average molecular weight is 305 g/mol. The molecule has 0 spiro atoms. The summed E-state index contributed by atoms with van der Waals surface area (Å²) in [5, 5.41) is 8.25. The first-order valence-electron chi connectivity index (χ1n) is 6.11. The number of halogens is 1. The quantitative estimate of drug-likeness (QED) is 0.351. The number of nitrogens with zero attached hydrogens (tertiary/aromatic N) is 1. The normalized spacial score (nSPS) is 10.5. The van der Waals surface area contributed by atoms with Gasteiger partial charge in [-0.05, 0) is 45.0 Å². The lowest BCUT2D eigenvalue weighted by atomic mass is 10.4. The molecule has 19 heavy (non-hydrogen) atoms. The Morgan fingerprint density at radius 2 is 1.58 bits per heavy atom. The molecule has 0 fully saturated rings. The first kappa shape index (κ1) is 18.3. The van der Waals surface area contributed by atoms with Crippen molar-refractivity contribution in [3.05, 3.63) is 30.1 Å². The van der Waals surface area contributed by atoms with E-state index in [-0.39, 0.29) is 5.82 Å². The maximum atomic E-state index is 12.7. The van der Waals surface area contributed by atoms with E-state index in [1.807, 2.05) is 23.1 Å². The molecule has 0 aliphatic rings. The molecule has 1 rings (SSSR count). The van der Waals surface area contributed by atoms with E-state index in [1.54, 1.807) is 10.8 Å². The van der Waals surface area contributed by atoms with Gasteiger partial charge in [0.15, 0.2) is 11.0 Å². The van der Waals surface area contributed by atoms with Crippen LogP contribution in [0.2, 0.25) is 0 Å². The molecular formula is C13H20FNO2S2. The first-order chi connectivity index (χ1) is 9.07. The Kier molecular flexibility index (Phi) is 9.73. The topological polar surface area (TPSA) is 40.1 Å². The molecule has 0 aliphatic heterocycles. The van der Waals surface area contributed by atoms with Crippen LogP contribution in [-0.2, 0) is 4.79 Å². The summed E-state index contributed by atoms with van der Waals surface area (Å²) < 4.78 is 13.8. The van der Waals surface area contributed by atoms with Crippen LogP contribution in [0.1, 0.15) is 20.8 Å². The Morgan fingerprint density at radius 3 is 1.95 bits per heavy atom. The SMILES string of the molecule is CC[N+](CC)(CC)SSc1ccc(F)cc1.O=C[O-]. The molecule has 1 aromatic carbocycles. The Hall–Kier alpha value is -0.720. The zero-order chi connectivity index (χ0) is 14.7. The van der Waals surface area contributed by atoms with Crippen LogP contribution in [0.5, 0.6) is 0 Å². The van der Waals surface area contributed by atoms with E-state index in [9.17, 15) is 4.39 Å². The second kappa shape index (κ2) is 10.1. The van der Waals surface area contributed by atoms with Gasteiger partial charge in [-0.3, -0.25) is 3.89 Å². The maximum absolute atomic E-state index is 12.7. The van der Waals surface area contributed by atoms with Crippen molar-refractivity contribution in [1.82, 2.24) is 0 Å². The van der Waals surface area contributed by atoms with Gasteiger partial charge >= 0.3 is 0 Å². The van der Waals surface area contributed by atoms with Crippen LogP contribution in [0.3, 0.4) is 0 Å². The highest BCUT2D eigenvalue weighted by Gasteiger charge is 2.23. The fourth-order valence-electron chi connectivity index (χ4n) is 1.44. The van der Waals surface area contributed by atoms with Crippen LogP contribution >= 0.6 is 21.8 Å². The molecule has 0 unspecified atom stereocenters. The number of rotatable bonds is 6. The maximum Gasteiger partial charge on any atom is 0.152 e. The van der Waals surface area contributed by atoms with E-state index in [0.29, 0.717) is 0 Å². The van der Waals surface area contributed by atoms with Crippen LogP contribution in [0, 0.1) is 5.82 Å². The third-order valence-electron chi connectivity index (χ3n) is 2.83. The second-order valence-corrected chi connectivity index (χ2v) is 6.22. The van der Waals surface area contributed by atoms with Crippen molar-refractivity contribution >= 4 is 28.2 Å². The predicted octanol–water partition coefficient (Wildman–Crippen LogP) is 2.72. The van der Waals surface area contributed by atoms with Crippen molar-refractivity contribution in [3.63, 3.8) is 0 Å². The van der Waals surface area contributed by atoms with Crippen LogP contribution in [0.15, 0.2) is 29.2 Å². The van der Waals surface area contributed by atoms with Gasteiger partial charge in [0.2, 0.25) is 0 Å². The van der Waals surface area contributed by atoms with Gasteiger partial charge in [0.05, 0.1) is 19.6 Å². The average Bonchev–Trinajstić information content (AvgIpc) is 2.44. The first-order valence-corrected chi connectivity index (χ1v) is 8.21. The lowest BCUT2D eigenvalue weighted by Gasteiger charge is -2.31. The summed E-state index contributed by atoms with van der Waals surface area (Å²) in [5.41, 5.74) is 0. The minimum absolute atomic E-state index is 0.170. The van der Waals surface area contributed by atoms with Crippen molar-refractivity contribution in [3.8, 4) is 0 Å². The Balaban J connectivity index is 0.000000982. The van der Waals surface area contributed by atoms with Crippen LogP contribution in [0.4, 0.5) is 4.39 Å². The van der Waals surface area contributed by atoms with Crippen molar-refractivity contribution < 1.29 is 18.2 Å². The van der Waals surface area contributed by atoms with E-state index in [1.165, 1.54) is 12.1 Å². The molecular weight excluding hydrogens is 285 g/mol. The van der Waals surface area contributed by atoms with Crippen molar-refractivity contribution in [2.75, 3.05) is 19.6 Å². The van der Waals surface area contributed by atoms with Crippen LogP contribution < -0.4 is 5.11 Å². The van der Waals surface area contributed by atoms with Crippen molar-refractivity contribution in [1.29, 1.82) is 0 Å². The number of carboxylic acid groups (broad SMARTS) is 1. The molecule has 0 atom stereocenters. The summed E-state index contributed by atoms with van der Waals surface area (Å²) in [5.74, 6) is -0.170. The molecule has 0 saturated heterocycles. The standard InChI is InChI=1S/C12H19FNS2.CH2O2/c1-4-14(5-2,6-3)16-15-12-9-7-11(13)8-10-12;2-1-3/h7-10H,4-6H2,1-3H3;1H,(H,2,3)/q+1;/p-1. The molecule has 0 bridgehead atoms. The van der Waals surface area contributed by atoms with E-state index in [2.05, 4.69) is 20.8 Å². The highest BCUT2D eigenvalue weighted by Crippen LogP contribution is 2.38. The molecule has 1 aromatic rings. The fourth-order valence-corrected chi connectivity index (χ4v) is 4.26. The highest BCUT2D eigenvalue weighted by atomic mass is 33.1. The number of carbonyl (C=O) groups is 1. The van der Waals surface area contributed by atoms with Gasteiger partial charge < -0.3 is 9.90 Å².